The average Bonchev–Trinajstić information content (AvgIpc) is 2.69. The minimum atomic E-state index is -3.59. The van der Waals surface area contributed by atoms with Gasteiger partial charge in [0.2, 0.25) is 9.84 Å². The van der Waals surface area contributed by atoms with Gasteiger partial charge in [0.05, 0.1) is 29.0 Å². The lowest BCUT2D eigenvalue weighted by molar-refractivity contribution is 0.134. The minimum absolute atomic E-state index is 0.141. The van der Waals surface area contributed by atoms with Crippen LogP contribution in [0.3, 0.4) is 0 Å². The van der Waals surface area contributed by atoms with Crippen LogP contribution in [0.4, 0.5) is 0 Å². The van der Waals surface area contributed by atoms with Crippen LogP contribution in [0.25, 0.3) is 0 Å². The first-order chi connectivity index (χ1) is 12.5. The van der Waals surface area contributed by atoms with Gasteiger partial charge in [-0.1, -0.05) is 24.3 Å². The van der Waals surface area contributed by atoms with Gasteiger partial charge in [-0.05, 0) is 42.7 Å². The maximum Gasteiger partial charge on any atom is 0.206 e. The molecule has 1 heterocycles. The molecular formula is C19H23NO5S. The number of ether oxygens (including phenoxy) is 1. The predicted molar refractivity (Wildman–Crippen MR) is 97.0 cm³/mol. The van der Waals surface area contributed by atoms with Gasteiger partial charge in [-0.2, -0.15) is 0 Å². The van der Waals surface area contributed by atoms with Gasteiger partial charge in [-0.15, -0.1) is 0 Å². The Balaban J connectivity index is 1.77. The SMILES string of the molecule is O=S(=O)(c1ccccc1)c1ccc2c(c1)OC(CNC(CO)CO)CC2. The highest BCUT2D eigenvalue weighted by Gasteiger charge is 2.24. The molecule has 0 spiro atoms. The first-order valence-electron chi connectivity index (χ1n) is 8.59. The van der Waals surface area contributed by atoms with Gasteiger partial charge < -0.3 is 20.3 Å². The monoisotopic (exact) mass is 377 g/mol. The molecule has 2 aromatic rings. The first-order valence-corrected chi connectivity index (χ1v) is 10.1. The van der Waals surface area contributed by atoms with E-state index >= 15 is 0 Å². The van der Waals surface area contributed by atoms with E-state index in [-0.39, 0.29) is 35.2 Å². The fraction of sp³-hybridized carbons (Fsp3) is 0.368. The van der Waals surface area contributed by atoms with Crippen molar-refractivity contribution in [3.8, 4) is 5.75 Å². The van der Waals surface area contributed by atoms with Crippen LogP contribution in [0.2, 0.25) is 0 Å². The number of aliphatic hydroxyl groups is 2. The molecule has 26 heavy (non-hydrogen) atoms. The number of aliphatic hydroxyl groups excluding tert-OH is 2. The highest BCUT2D eigenvalue weighted by molar-refractivity contribution is 7.91. The van der Waals surface area contributed by atoms with E-state index < -0.39 is 9.84 Å². The van der Waals surface area contributed by atoms with Crippen molar-refractivity contribution < 1.29 is 23.4 Å². The van der Waals surface area contributed by atoms with Crippen LogP contribution in [0.5, 0.6) is 5.75 Å². The molecular weight excluding hydrogens is 354 g/mol. The topological polar surface area (TPSA) is 95.9 Å². The van der Waals surface area contributed by atoms with Gasteiger partial charge in [0.15, 0.2) is 0 Å². The van der Waals surface area contributed by atoms with Gasteiger partial charge in [0, 0.05) is 6.54 Å². The summed E-state index contributed by atoms with van der Waals surface area (Å²) in [5, 5.41) is 21.3. The highest BCUT2D eigenvalue weighted by Crippen LogP contribution is 2.32. The second kappa shape index (κ2) is 8.18. The largest absolute Gasteiger partial charge is 0.489 e. The maximum atomic E-state index is 12.8. The third-order valence-corrected chi connectivity index (χ3v) is 6.27. The summed E-state index contributed by atoms with van der Waals surface area (Å²) >= 11 is 0. The number of hydrogen-bond donors (Lipinski definition) is 3. The lowest BCUT2D eigenvalue weighted by Gasteiger charge is -2.28. The highest BCUT2D eigenvalue weighted by atomic mass is 32.2. The summed E-state index contributed by atoms with van der Waals surface area (Å²) in [6, 6.07) is 12.9. The first kappa shape index (κ1) is 18.8. The van der Waals surface area contributed by atoms with Gasteiger partial charge >= 0.3 is 0 Å². The number of fused-ring (bicyclic) bond motifs is 1. The molecule has 0 saturated heterocycles. The van der Waals surface area contributed by atoms with Crippen molar-refractivity contribution >= 4 is 9.84 Å². The molecule has 3 N–H and O–H groups in total. The standard InChI is InChI=1S/C19H23NO5S/c21-12-15(13-22)20-11-16-8-6-14-7-9-18(10-19(14)25-16)26(23,24)17-4-2-1-3-5-17/h1-5,7,9-10,15-16,20-22H,6,8,11-13H2. The van der Waals surface area contributed by atoms with Crippen molar-refractivity contribution in [1.29, 1.82) is 0 Å². The Labute approximate surface area is 153 Å². The van der Waals surface area contributed by atoms with Gasteiger partial charge in [-0.25, -0.2) is 8.42 Å². The summed E-state index contributed by atoms with van der Waals surface area (Å²) < 4.78 is 31.5. The summed E-state index contributed by atoms with van der Waals surface area (Å²) in [5.74, 6) is 0.574. The molecule has 0 fully saturated rings. The minimum Gasteiger partial charge on any atom is -0.489 e. The van der Waals surface area contributed by atoms with E-state index in [0.29, 0.717) is 12.3 Å². The number of aryl methyl sites for hydroxylation is 1. The van der Waals surface area contributed by atoms with Crippen molar-refractivity contribution in [3.63, 3.8) is 0 Å². The smallest absolute Gasteiger partial charge is 0.206 e. The van der Waals surface area contributed by atoms with Crippen LogP contribution in [-0.4, -0.2) is 50.5 Å². The predicted octanol–water partition coefficient (Wildman–Crippen LogP) is 1.16. The second-order valence-electron chi connectivity index (χ2n) is 6.33. The Morgan fingerprint density at radius 2 is 1.81 bits per heavy atom. The van der Waals surface area contributed by atoms with Crippen LogP contribution >= 0.6 is 0 Å². The van der Waals surface area contributed by atoms with E-state index in [4.69, 9.17) is 14.9 Å². The zero-order valence-corrected chi connectivity index (χ0v) is 15.2. The molecule has 0 saturated carbocycles. The summed E-state index contributed by atoms with van der Waals surface area (Å²) in [7, 11) is -3.59. The molecule has 1 aliphatic rings. The zero-order chi connectivity index (χ0) is 18.6. The molecule has 1 atom stereocenters. The molecule has 0 aliphatic carbocycles. The van der Waals surface area contributed by atoms with Crippen LogP contribution in [-0.2, 0) is 16.3 Å². The van der Waals surface area contributed by atoms with Gasteiger partial charge in [-0.3, -0.25) is 0 Å². The van der Waals surface area contributed by atoms with Crippen molar-refractivity contribution in [2.75, 3.05) is 19.8 Å². The van der Waals surface area contributed by atoms with E-state index in [1.807, 2.05) is 0 Å². The molecule has 0 amide bonds. The zero-order valence-electron chi connectivity index (χ0n) is 14.3. The van der Waals surface area contributed by atoms with Crippen molar-refractivity contribution in [2.24, 2.45) is 0 Å². The Morgan fingerprint density at radius 3 is 2.50 bits per heavy atom. The van der Waals surface area contributed by atoms with Gasteiger partial charge in [0.1, 0.15) is 11.9 Å². The average molecular weight is 377 g/mol. The number of rotatable bonds is 7. The number of sulfone groups is 1. The van der Waals surface area contributed by atoms with Crippen LogP contribution in [0.15, 0.2) is 58.3 Å². The van der Waals surface area contributed by atoms with E-state index in [1.54, 1.807) is 48.5 Å². The normalized spacial score (nSPS) is 17.0. The van der Waals surface area contributed by atoms with Crippen molar-refractivity contribution in [1.82, 2.24) is 5.32 Å². The summed E-state index contributed by atoms with van der Waals surface area (Å²) in [6.07, 6.45) is 1.43. The molecule has 2 aromatic carbocycles. The summed E-state index contributed by atoms with van der Waals surface area (Å²) in [4.78, 5) is 0.461. The van der Waals surface area contributed by atoms with Crippen LogP contribution in [0.1, 0.15) is 12.0 Å². The molecule has 7 heteroatoms. The van der Waals surface area contributed by atoms with Crippen LogP contribution in [0, 0.1) is 0 Å². The Bertz CT molecular complexity index is 834. The second-order valence-corrected chi connectivity index (χ2v) is 8.28. The third kappa shape index (κ3) is 4.07. The summed E-state index contributed by atoms with van der Waals surface area (Å²) in [5.41, 5.74) is 0.981. The quantitative estimate of drug-likeness (QED) is 0.670. The Kier molecular flexibility index (Phi) is 5.93. The van der Waals surface area contributed by atoms with Crippen LogP contribution < -0.4 is 10.1 Å². The summed E-state index contributed by atoms with van der Waals surface area (Å²) in [6.45, 7) is 0.166. The molecule has 0 aromatic heterocycles. The fourth-order valence-electron chi connectivity index (χ4n) is 2.94. The molecule has 1 aliphatic heterocycles. The third-order valence-electron chi connectivity index (χ3n) is 4.51. The van der Waals surface area contributed by atoms with Crippen molar-refractivity contribution in [3.05, 3.63) is 54.1 Å². The molecule has 1 unspecified atom stereocenters. The number of nitrogens with one attached hydrogen (secondary N) is 1. The molecule has 3 rings (SSSR count). The molecule has 140 valence electrons. The maximum absolute atomic E-state index is 12.8. The fourth-order valence-corrected chi connectivity index (χ4v) is 4.23. The van der Waals surface area contributed by atoms with E-state index in [9.17, 15) is 8.42 Å². The number of benzene rings is 2. The number of hydrogen-bond acceptors (Lipinski definition) is 6. The molecule has 0 radical (unpaired) electrons. The Hall–Kier alpha value is -1.93. The van der Waals surface area contributed by atoms with Gasteiger partial charge in [0.25, 0.3) is 0 Å². The van der Waals surface area contributed by atoms with E-state index in [1.165, 1.54) is 0 Å². The molecule has 0 bridgehead atoms. The lowest BCUT2D eigenvalue weighted by Crippen LogP contribution is -2.43. The molecule has 6 nitrogen and oxygen atoms in total. The van der Waals surface area contributed by atoms with Crippen molar-refractivity contribution in [2.45, 2.75) is 34.8 Å². The van der Waals surface area contributed by atoms with E-state index in [0.717, 1.165) is 18.4 Å². The Morgan fingerprint density at radius 1 is 1.08 bits per heavy atom. The van der Waals surface area contributed by atoms with E-state index in [2.05, 4.69) is 5.32 Å². The lowest BCUT2D eigenvalue weighted by atomic mass is 10.0.